The molecule has 0 aliphatic heterocycles. The summed E-state index contributed by atoms with van der Waals surface area (Å²) >= 11 is 0. The molecule has 1 aliphatic carbocycles. The first-order valence-electron chi connectivity index (χ1n) is 7.36. The normalized spacial score (nSPS) is 29.1. The smallest absolute Gasteiger partial charge is 0.0257 e. The van der Waals surface area contributed by atoms with Crippen molar-refractivity contribution in [2.24, 2.45) is 23.7 Å². The van der Waals surface area contributed by atoms with Gasteiger partial charge in [0.15, 0.2) is 0 Å². The van der Waals surface area contributed by atoms with Gasteiger partial charge >= 0.3 is 0 Å². The van der Waals surface area contributed by atoms with Gasteiger partial charge in [0, 0.05) is 0 Å². The lowest BCUT2D eigenvalue weighted by molar-refractivity contribution is 0.238. The average molecular weight is 234 g/mol. The highest BCUT2D eigenvalue weighted by Gasteiger charge is 2.25. The summed E-state index contributed by atoms with van der Waals surface area (Å²) in [5, 5.41) is 0. The Bertz CT molecular complexity index is 272. The Morgan fingerprint density at radius 2 is 2.18 bits per heavy atom. The summed E-state index contributed by atoms with van der Waals surface area (Å²) in [5.74, 6) is 3.37. The van der Waals surface area contributed by atoms with Crippen LogP contribution in [-0.4, -0.2) is 0 Å². The van der Waals surface area contributed by atoms with Gasteiger partial charge in [-0.05, 0) is 56.8 Å². The highest BCUT2D eigenvalue weighted by Crippen LogP contribution is 2.37. The second-order valence-corrected chi connectivity index (χ2v) is 6.10. The van der Waals surface area contributed by atoms with Crippen molar-refractivity contribution in [3.63, 3.8) is 0 Å². The summed E-state index contributed by atoms with van der Waals surface area (Å²) in [6.45, 7) is 11.5. The van der Waals surface area contributed by atoms with Gasteiger partial charge in [-0.15, -0.1) is 0 Å². The maximum absolute atomic E-state index is 2.47. The molecule has 0 radical (unpaired) electrons. The molecule has 98 valence electrons. The molecular formula is C17H30. The van der Waals surface area contributed by atoms with E-state index in [4.69, 9.17) is 0 Å². The second-order valence-electron chi connectivity index (χ2n) is 6.10. The van der Waals surface area contributed by atoms with Crippen LogP contribution in [0.3, 0.4) is 0 Å². The van der Waals surface area contributed by atoms with Gasteiger partial charge in [0.2, 0.25) is 0 Å². The molecule has 17 heavy (non-hydrogen) atoms. The molecule has 0 N–H and O–H groups in total. The molecule has 0 heteroatoms. The fourth-order valence-corrected chi connectivity index (χ4v) is 3.53. The summed E-state index contributed by atoms with van der Waals surface area (Å²) in [5.41, 5.74) is 1.62. The number of rotatable bonds is 5. The van der Waals surface area contributed by atoms with Crippen molar-refractivity contribution in [1.29, 1.82) is 0 Å². The van der Waals surface area contributed by atoms with E-state index in [2.05, 4.69) is 52.8 Å². The third-order valence-electron chi connectivity index (χ3n) is 4.21. The van der Waals surface area contributed by atoms with Crippen LogP contribution in [0.15, 0.2) is 23.8 Å². The molecule has 4 atom stereocenters. The SMILES string of the molecule is C/C=C/C(C)CC(CC)C1CC(C)=CC(C)C1. The van der Waals surface area contributed by atoms with E-state index in [0.717, 1.165) is 23.7 Å². The van der Waals surface area contributed by atoms with Crippen LogP contribution in [0.25, 0.3) is 0 Å². The minimum Gasteiger partial charge on any atom is -0.0914 e. The highest BCUT2D eigenvalue weighted by molar-refractivity contribution is 5.07. The van der Waals surface area contributed by atoms with Crippen LogP contribution >= 0.6 is 0 Å². The van der Waals surface area contributed by atoms with Crippen LogP contribution in [0.4, 0.5) is 0 Å². The second kappa shape index (κ2) is 7.03. The minimum absolute atomic E-state index is 0.742. The van der Waals surface area contributed by atoms with Crippen molar-refractivity contribution in [1.82, 2.24) is 0 Å². The number of allylic oxidation sites excluding steroid dienone is 4. The van der Waals surface area contributed by atoms with E-state index in [1.807, 2.05) is 0 Å². The molecule has 0 aromatic carbocycles. The van der Waals surface area contributed by atoms with Crippen molar-refractivity contribution in [2.75, 3.05) is 0 Å². The Hall–Kier alpha value is -0.520. The molecule has 1 aliphatic rings. The maximum Gasteiger partial charge on any atom is -0.0257 e. The summed E-state index contributed by atoms with van der Waals surface area (Å²) < 4.78 is 0. The number of hydrogen-bond donors (Lipinski definition) is 0. The van der Waals surface area contributed by atoms with Gasteiger partial charge < -0.3 is 0 Å². The molecule has 0 saturated heterocycles. The predicted molar refractivity (Wildman–Crippen MR) is 78.0 cm³/mol. The van der Waals surface area contributed by atoms with Crippen LogP contribution < -0.4 is 0 Å². The first kappa shape index (κ1) is 14.5. The Labute approximate surface area is 108 Å². The van der Waals surface area contributed by atoms with Crippen molar-refractivity contribution in [3.05, 3.63) is 23.8 Å². The summed E-state index contributed by atoms with van der Waals surface area (Å²) in [6, 6.07) is 0. The monoisotopic (exact) mass is 234 g/mol. The maximum atomic E-state index is 2.47. The lowest BCUT2D eigenvalue weighted by Gasteiger charge is -2.33. The van der Waals surface area contributed by atoms with Gasteiger partial charge in [0.05, 0.1) is 0 Å². The molecule has 0 amide bonds. The zero-order chi connectivity index (χ0) is 12.8. The Morgan fingerprint density at radius 1 is 1.47 bits per heavy atom. The Kier molecular flexibility index (Phi) is 6.02. The third kappa shape index (κ3) is 4.69. The van der Waals surface area contributed by atoms with E-state index in [9.17, 15) is 0 Å². The fraction of sp³-hybridized carbons (Fsp3) is 0.765. The molecule has 0 fully saturated rings. The minimum atomic E-state index is 0.742. The topological polar surface area (TPSA) is 0 Å². The summed E-state index contributed by atoms with van der Waals surface area (Å²) in [6.07, 6.45) is 12.5. The molecule has 0 spiro atoms. The molecular weight excluding hydrogens is 204 g/mol. The van der Waals surface area contributed by atoms with Crippen LogP contribution in [-0.2, 0) is 0 Å². The van der Waals surface area contributed by atoms with Crippen LogP contribution in [0.5, 0.6) is 0 Å². The summed E-state index contributed by atoms with van der Waals surface area (Å²) in [7, 11) is 0. The van der Waals surface area contributed by atoms with Crippen molar-refractivity contribution < 1.29 is 0 Å². The summed E-state index contributed by atoms with van der Waals surface area (Å²) in [4.78, 5) is 0. The third-order valence-corrected chi connectivity index (χ3v) is 4.21. The Balaban J connectivity index is 2.59. The largest absolute Gasteiger partial charge is 0.0914 e. The molecule has 0 heterocycles. The van der Waals surface area contributed by atoms with E-state index in [1.165, 1.54) is 25.7 Å². The fourth-order valence-electron chi connectivity index (χ4n) is 3.53. The zero-order valence-electron chi connectivity index (χ0n) is 12.4. The van der Waals surface area contributed by atoms with Gasteiger partial charge in [0.25, 0.3) is 0 Å². The lowest BCUT2D eigenvalue weighted by atomic mass is 9.73. The first-order valence-corrected chi connectivity index (χ1v) is 7.36. The molecule has 4 unspecified atom stereocenters. The quantitative estimate of drug-likeness (QED) is 0.543. The standard InChI is InChI=1S/C17H30/c1-6-8-13(3)10-16(7-2)17-11-14(4)9-15(5)12-17/h6,8-9,13-14,16-17H,7,10-12H2,1-5H3/b8-6+. The van der Waals surface area contributed by atoms with E-state index < -0.39 is 0 Å². The van der Waals surface area contributed by atoms with E-state index in [1.54, 1.807) is 5.57 Å². The Morgan fingerprint density at radius 3 is 2.71 bits per heavy atom. The first-order chi connectivity index (χ1) is 8.06. The van der Waals surface area contributed by atoms with Crippen molar-refractivity contribution in [3.8, 4) is 0 Å². The van der Waals surface area contributed by atoms with Crippen molar-refractivity contribution >= 4 is 0 Å². The van der Waals surface area contributed by atoms with Gasteiger partial charge in [0.1, 0.15) is 0 Å². The van der Waals surface area contributed by atoms with Crippen LogP contribution in [0.1, 0.15) is 60.3 Å². The number of hydrogen-bond acceptors (Lipinski definition) is 0. The van der Waals surface area contributed by atoms with Crippen molar-refractivity contribution in [2.45, 2.75) is 60.3 Å². The molecule has 0 aromatic heterocycles. The van der Waals surface area contributed by atoms with Gasteiger partial charge in [-0.1, -0.05) is 51.0 Å². The van der Waals surface area contributed by atoms with E-state index >= 15 is 0 Å². The lowest BCUT2D eigenvalue weighted by Crippen LogP contribution is -2.22. The van der Waals surface area contributed by atoms with Crippen LogP contribution in [0, 0.1) is 23.7 Å². The molecule has 0 bridgehead atoms. The van der Waals surface area contributed by atoms with Gasteiger partial charge in [-0.25, -0.2) is 0 Å². The van der Waals surface area contributed by atoms with Gasteiger partial charge in [-0.3, -0.25) is 0 Å². The molecule has 0 nitrogen and oxygen atoms in total. The molecule has 0 saturated carbocycles. The van der Waals surface area contributed by atoms with E-state index in [-0.39, 0.29) is 0 Å². The van der Waals surface area contributed by atoms with Crippen LogP contribution in [0.2, 0.25) is 0 Å². The average Bonchev–Trinajstić information content (AvgIpc) is 2.24. The van der Waals surface area contributed by atoms with Gasteiger partial charge in [-0.2, -0.15) is 0 Å². The molecule has 0 aromatic rings. The van der Waals surface area contributed by atoms with E-state index in [0.29, 0.717) is 0 Å². The zero-order valence-corrected chi connectivity index (χ0v) is 12.4. The predicted octanol–water partition coefficient (Wildman–Crippen LogP) is 5.61. The molecule has 1 rings (SSSR count). The highest BCUT2D eigenvalue weighted by atomic mass is 14.3.